The van der Waals surface area contributed by atoms with Crippen molar-refractivity contribution in [3.8, 4) is 0 Å². The average Bonchev–Trinajstić information content (AvgIpc) is 2.88. The molecule has 27 heavy (non-hydrogen) atoms. The highest BCUT2D eigenvalue weighted by Gasteiger charge is 2.51. The Bertz CT molecular complexity index is 703. The predicted molar refractivity (Wildman–Crippen MR) is 105 cm³/mol. The molecule has 146 valence electrons. The molecule has 0 unspecified atom stereocenters. The zero-order chi connectivity index (χ0) is 18.9. The molecule has 4 rings (SSSR count). The summed E-state index contributed by atoms with van der Waals surface area (Å²) < 4.78 is 0. The first kappa shape index (κ1) is 18.6. The zero-order valence-corrected chi connectivity index (χ0v) is 16.5. The minimum Gasteiger partial charge on any atom is -0.297 e. The van der Waals surface area contributed by atoms with Crippen molar-refractivity contribution in [1.29, 1.82) is 0 Å². The third-order valence-corrected chi connectivity index (χ3v) is 6.60. The molecular formula is C22H31N3O2. The maximum absolute atomic E-state index is 13.0. The number of likely N-dealkylation sites (tertiary alicyclic amines) is 1. The van der Waals surface area contributed by atoms with E-state index < -0.39 is 0 Å². The highest BCUT2D eigenvalue weighted by molar-refractivity contribution is 6.05. The number of benzene rings is 1. The van der Waals surface area contributed by atoms with E-state index in [-0.39, 0.29) is 17.2 Å². The molecule has 2 heterocycles. The van der Waals surface area contributed by atoms with E-state index in [1.807, 2.05) is 0 Å². The summed E-state index contributed by atoms with van der Waals surface area (Å²) in [6.45, 7) is 7.37. The van der Waals surface area contributed by atoms with Gasteiger partial charge in [-0.25, -0.2) is 0 Å². The Hall–Kier alpha value is -1.72. The van der Waals surface area contributed by atoms with Crippen LogP contribution >= 0.6 is 0 Å². The van der Waals surface area contributed by atoms with Crippen molar-refractivity contribution in [1.82, 2.24) is 14.7 Å². The molecule has 2 saturated heterocycles. The number of rotatable bonds is 4. The van der Waals surface area contributed by atoms with Crippen LogP contribution in [0.2, 0.25) is 0 Å². The third-order valence-electron chi connectivity index (χ3n) is 6.60. The Labute approximate surface area is 162 Å². The van der Waals surface area contributed by atoms with Gasteiger partial charge in [-0.3, -0.25) is 24.3 Å². The van der Waals surface area contributed by atoms with Crippen LogP contribution in [0.5, 0.6) is 0 Å². The van der Waals surface area contributed by atoms with Gasteiger partial charge in [-0.05, 0) is 25.3 Å². The molecule has 1 saturated carbocycles. The van der Waals surface area contributed by atoms with Gasteiger partial charge in [-0.1, -0.05) is 49.1 Å². The molecule has 2 amide bonds. The molecule has 0 bridgehead atoms. The summed E-state index contributed by atoms with van der Waals surface area (Å²) in [4.78, 5) is 31.8. The average molecular weight is 370 g/mol. The zero-order valence-electron chi connectivity index (χ0n) is 16.5. The van der Waals surface area contributed by atoms with Crippen molar-refractivity contribution in [3.63, 3.8) is 0 Å². The van der Waals surface area contributed by atoms with E-state index >= 15 is 0 Å². The largest absolute Gasteiger partial charge is 0.297 e. The molecular weight excluding hydrogens is 338 g/mol. The van der Waals surface area contributed by atoms with Gasteiger partial charge >= 0.3 is 0 Å². The smallest absolute Gasteiger partial charge is 0.237 e. The van der Waals surface area contributed by atoms with Gasteiger partial charge in [0.15, 0.2) is 0 Å². The van der Waals surface area contributed by atoms with Crippen molar-refractivity contribution >= 4 is 11.8 Å². The van der Waals surface area contributed by atoms with Crippen molar-refractivity contribution in [2.75, 3.05) is 32.8 Å². The summed E-state index contributed by atoms with van der Waals surface area (Å²) in [7, 11) is 0. The summed E-state index contributed by atoms with van der Waals surface area (Å²) in [5, 5.41) is 0. The van der Waals surface area contributed by atoms with E-state index in [1.165, 1.54) is 17.5 Å². The van der Waals surface area contributed by atoms with E-state index in [4.69, 9.17) is 0 Å². The Morgan fingerprint density at radius 2 is 1.67 bits per heavy atom. The monoisotopic (exact) mass is 369 g/mol. The fourth-order valence-electron chi connectivity index (χ4n) is 4.98. The van der Waals surface area contributed by atoms with Gasteiger partial charge in [-0.2, -0.15) is 0 Å². The van der Waals surface area contributed by atoms with Crippen LogP contribution in [0.15, 0.2) is 24.3 Å². The number of piperazine rings is 1. The first-order valence-corrected chi connectivity index (χ1v) is 10.4. The number of aryl methyl sites for hydroxylation is 1. The quantitative estimate of drug-likeness (QED) is 0.766. The molecule has 5 nitrogen and oxygen atoms in total. The molecule has 0 N–H and O–H groups in total. The SMILES string of the molecule is Cc1cccc(CN2CCN(CN3C(=O)CC4(CCCCC4)C3=O)CC2)c1. The fraction of sp³-hybridized carbons (Fsp3) is 0.636. The number of carbonyl (C=O) groups is 2. The molecule has 5 heteroatoms. The number of imide groups is 1. The molecule has 3 fully saturated rings. The molecule has 1 spiro atoms. The van der Waals surface area contributed by atoms with E-state index in [0.29, 0.717) is 13.1 Å². The Morgan fingerprint density at radius 1 is 0.963 bits per heavy atom. The van der Waals surface area contributed by atoms with Gasteiger partial charge in [0.25, 0.3) is 0 Å². The Balaban J connectivity index is 1.30. The molecule has 0 aromatic heterocycles. The van der Waals surface area contributed by atoms with E-state index in [9.17, 15) is 9.59 Å². The normalized spacial score (nSPS) is 24.1. The highest BCUT2D eigenvalue weighted by atomic mass is 16.2. The van der Waals surface area contributed by atoms with Crippen molar-refractivity contribution in [2.24, 2.45) is 5.41 Å². The fourth-order valence-corrected chi connectivity index (χ4v) is 4.98. The van der Waals surface area contributed by atoms with Crippen LogP contribution in [0.3, 0.4) is 0 Å². The second-order valence-corrected chi connectivity index (χ2v) is 8.67. The predicted octanol–water partition coefficient (Wildman–Crippen LogP) is 2.78. The van der Waals surface area contributed by atoms with Crippen LogP contribution in [-0.4, -0.2) is 59.4 Å². The maximum atomic E-state index is 13.0. The lowest BCUT2D eigenvalue weighted by atomic mass is 9.73. The summed E-state index contributed by atoms with van der Waals surface area (Å²) >= 11 is 0. The summed E-state index contributed by atoms with van der Waals surface area (Å²) in [6, 6.07) is 8.68. The van der Waals surface area contributed by atoms with Crippen LogP contribution in [0.4, 0.5) is 0 Å². The summed E-state index contributed by atoms with van der Waals surface area (Å²) in [5.41, 5.74) is 2.30. The number of hydrogen-bond acceptors (Lipinski definition) is 4. The topological polar surface area (TPSA) is 43.9 Å². The third kappa shape index (κ3) is 3.94. The molecule has 0 radical (unpaired) electrons. The van der Waals surface area contributed by atoms with Crippen LogP contribution in [0.1, 0.15) is 49.7 Å². The summed E-state index contributed by atoms with van der Waals surface area (Å²) in [6.07, 6.45) is 5.62. The standard InChI is InChI=1S/C22H31N3O2/c1-18-6-5-7-19(14-18)16-23-10-12-24(13-11-23)17-25-20(26)15-22(21(25)27)8-3-2-4-9-22/h5-7,14H,2-4,8-13,15-17H2,1H3. The van der Waals surface area contributed by atoms with E-state index in [1.54, 1.807) is 4.90 Å². The first-order valence-electron chi connectivity index (χ1n) is 10.4. The number of carbonyl (C=O) groups excluding carboxylic acids is 2. The summed E-state index contributed by atoms with van der Waals surface area (Å²) in [5.74, 6) is 0.151. The second-order valence-electron chi connectivity index (χ2n) is 8.67. The van der Waals surface area contributed by atoms with Crippen LogP contribution in [0.25, 0.3) is 0 Å². The van der Waals surface area contributed by atoms with Crippen LogP contribution in [-0.2, 0) is 16.1 Å². The van der Waals surface area contributed by atoms with Gasteiger partial charge in [-0.15, -0.1) is 0 Å². The minimum absolute atomic E-state index is 0.0455. The molecule has 0 atom stereocenters. The molecule has 1 aromatic rings. The number of amides is 2. The second kappa shape index (κ2) is 7.72. The highest BCUT2D eigenvalue weighted by Crippen LogP contribution is 2.45. The molecule has 1 aliphatic carbocycles. The lowest BCUT2D eigenvalue weighted by molar-refractivity contribution is -0.145. The van der Waals surface area contributed by atoms with Gasteiger partial charge in [0.05, 0.1) is 12.1 Å². The van der Waals surface area contributed by atoms with Crippen molar-refractivity contribution in [3.05, 3.63) is 35.4 Å². The lowest BCUT2D eigenvalue weighted by Crippen LogP contribution is -2.51. The minimum atomic E-state index is -0.359. The Morgan fingerprint density at radius 3 is 2.37 bits per heavy atom. The van der Waals surface area contributed by atoms with Crippen molar-refractivity contribution in [2.45, 2.75) is 52.0 Å². The van der Waals surface area contributed by atoms with E-state index in [2.05, 4.69) is 41.0 Å². The van der Waals surface area contributed by atoms with Gasteiger partial charge in [0.2, 0.25) is 11.8 Å². The van der Waals surface area contributed by atoms with Gasteiger partial charge in [0.1, 0.15) is 0 Å². The molecule has 3 aliphatic rings. The van der Waals surface area contributed by atoms with Crippen LogP contribution < -0.4 is 0 Å². The van der Waals surface area contributed by atoms with Gasteiger partial charge in [0, 0.05) is 39.1 Å². The first-order chi connectivity index (χ1) is 13.1. The lowest BCUT2D eigenvalue weighted by Gasteiger charge is -2.37. The molecule has 1 aromatic carbocycles. The van der Waals surface area contributed by atoms with Crippen LogP contribution in [0, 0.1) is 12.3 Å². The van der Waals surface area contributed by atoms with E-state index in [0.717, 1.165) is 58.4 Å². The Kier molecular flexibility index (Phi) is 5.33. The molecule has 2 aliphatic heterocycles. The van der Waals surface area contributed by atoms with Crippen molar-refractivity contribution < 1.29 is 9.59 Å². The maximum Gasteiger partial charge on any atom is 0.237 e. The van der Waals surface area contributed by atoms with Gasteiger partial charge < -0.3 is 0 Å². The number of nitrogens with zero attached hydrogens (tertiary/aromatic N) is 3. The number of hydrogen-bond donors (Lipinski definition) is 0.